The van der Waals surface area contributed by atoms with E-state index >= 15 is 0 Å². The van der Waals surface area contributed by atoms with Gasteiger partial charge in [-0.1, -0.05) is 13.3 Å². The van der Waals surface area contributed by atoms with E-state index in [0.29, 0.717) is 6.54 Å². The van der Waals surface area contributed by atoms with E-state index in [1.807, 2.05) is 6.92 Å². The molecule has 1 heterocycles. The Kier molecular flexibility index (Phi) is 6.44. The second kappa shape index (κ2) is 7.84. The van der Waals surface area contributed by atoms with Gasteiger partial charge in [0.25, 0.3) is 5.56 Å². The first kappa shape index (κ1) is 17.3. The molecule has 0 aliphatic heterocycles. The number of anilines is 2. The fraction of sp³-hybridized carbons (Fsp3) is 0.692. The van der Waals surface area contributed by atoms with Crippen molar-refractivity contribution >= 4 is 11.5 Å². The summed E-state index contributed by atoms with van der Waals surface area (Å²) < 4.78 is 6.19. The predicted octanol–water partition coefficient (Wildman–Crippen LogP) is -0.638. The fourth-order valence-electron chi connectivity index (χ4n) is 2.14. The molecule has 21 heavy (non-hydrogen) atoms. The van der Waals surface area contributed by atoms with E-state index in [-0.39, 0.29) is 24.7 Å². The van der Waals surface area contributed by atoms with Crippen molar-refractivity contribution in [3.63, 3.8) is 0 Å². The minimum Gasteiger partial charge on any atom is -0.389 e. The lowest BCUT2D eigenvalue weighted by molar-refractivity contribution is 0.0695. The van der Waals surface area contributed by atoms with Crippen molar-refractivity contribution < 1.29 is 9.84 Å². The van der Waals surface area contributed by atoms with Gasteiger partial charge < -0.3 is 20.5 Å². The van der Waals surface area contributed by atoms with E-state index in [9.17, 15) is 14.7 Å². The zero-order valence-electron chi connectivity index (χ0n) is 12.8. The van der Waals surface area contributed by atoms with Crippen molar-refractivity contribution in [1.82, 2.24) is 9.55 Å². The number of nitrogens with one attached hydrogen (secondary N) is 1. The maximum absolute atomic E-state index is 12.0. The molecule has 0 aliphatic carbocycles. The highest BCUT2D eigenvalue weighted by Crippen LogP contribution is 2.15. The highest BCUT2D eigenvalue weighted by molar-refractivity contribution is 5.62. The Balaban J connectivity index is 3.11. The smallest absolute Gasteiger partial charge is 0.330 e. The van der Waals surface area contributed by atoms with E-state index in [0.717, 1.165) is 12.8 Å². The van der Waals surface area contributed by atoms with Crippen LogP contribution in [0.25, 0.3) is 0 Å². The number of methoxy groups -OCH3 is 1. The van der Waals surface area contributed by atoms with E-state index in [2.05, 4.69) is 4.98 Å². The molecule has 1 unspecified atom stereocenters. The predicted molar refractivity (Wildman–Crippen MR) is 81.8 cm³/mol. The molecule has 0 aromatic carbocycles. The number of unbranched alkanes of at least 4 members (excludes halogenated alkanes) is 1. The Labute approximate surface area is 123 Å². The Morgan fingerprint density at radius 3 is 2.71 bits per heavy atom. The quantitative estimate of drug-likeness (QED) is 0.588. The molecule has 0 amide bonds. The number of aliphatic hydroxyl groups is 1. The molecule has 0 radical (unpaired) electrons. The second-order valence-corrected chi connectivity index (χ2v) is 4.99. The Morgan fingerprint density at radius 1 is 1.48 bits per heavy atom. The molecule has 0 aliphatic rings. The number of hydrogen-bond donors (Lipinski definition) is 3. The lowest BCUT2D eigenvalue weighted by Crippen LogP contribution is -2.40. The number of rotatable bonds is 8. The van der Waals surface area contributed by atoms with Crippen LogP contribution in [0.15, 0.2) is 9.59 Å². The number of aromatic amines is 1. The zero-order valence-corrected chi connectivity index (χ0v) is 12.8. The standard InChI is InChI=1S/C13H24N4O4/c1-4-5-6-17-11(14)10(12(19)15-13(17)20)16(2)7-9(18)8-21-3/h9,18H,4-8,14H2,1-3H3,(H,15,19,20). The van der Waals surface area contributed by atoms with Gasteiger partial charge in [-0.3, -0.25) is 14.3 Å². The van der Waals surface area contributed by atoms with Crippen LogP contribution in [0.2, 0.25) is 0 Å². The van der Waals surface area contributed by atoms with Gasteiger partial charge in [-0.05, 0) is 6.42 Å². The number of hydrogen-bond acceptors (Lipinski definition) is 6. The Bertz CT molecular complexity index is 566. The SMILES string of the molecule is CCCCn1c(N)c(N(C)CC(O)COC)c(=O)[nH]c1=O. The maximum atomic E-state index is 12.0. The summed E-state index contributed by atoms with van der Waals surface area (Å²) in [4.78, 5) is 27.6. The summed E-state index contributed by atoms with van der Waals surface area (Å²) in [5.74, 6) is 0.115. The molecule has 0 fully saturated rings. The van der Waals surface area contributed by atoms with Crippen molar-refractivity contribution in [2.45, 2.75) is 32.4 Å². The van der Waals surface area contributed by atoms with Crippen LogP contribution < -0.4 is 21.9 Å². The monoisotopic (exact) mass is 300 g/mol. The molecule has 1 atom stereocenters. The fourth-order valence-corrected chi connectivity index (χ4v) is 2.14. The van der Waals surface area contributed by atoms with Crippen LogP contribution in [-0.2, 0) is 11.3 Å². The van der Waals surface area contributed by atoms with Gasteiger partial charge in [0.2, 0.25) is 0 Å². The maximum Gasteiger partial charge on any atom is 0.330 e. The number of aliphatic hydroxyl groups excluding tert-OH is 1. The molecule has 1 rings (SSSR count). The second-order valence-electron chi connectivity index (χ2n) is 4.99. The number of nitrogens with two attached hydrogens (primary N) is 1. The molecular formula is C13H24N4O4. The van der Waals surface area contributed by atoms with Gasteiger partial charge in [0.05, 0.1) is 12.7 Å². The first-order valence-electron chi connectivity index (χ1n) is 6.93. The molecule has 8 heteroatoms. The van der Waals surface area contributed by atoms with Crippen LogP contribution in [-0.4, -0.2) is 48.1 Å². The van der Waals surface area contributed by atoms with Crippen molar-refractivity contribution in [1.29, 1.82) is 0 Å². The van der Waals surface area contributed by atoms with Gasteiger partial charge in [0.1, 0.15) is 11.5 Å². The third-order valence-corrected chi connectivity index (χ3v) is 3.17. The average molecular weight is 300 g/mol. The lowest BCUT2D eigenvalue weighted by atomic mass is 10.3. The first-order valence-corrected chi connectivity index (χ1v) is 6.93. The van der Waals surface area contributed by atoms with Gasteiger partial charge in [-0.25, -0.2) is 4.79 Å². The largest absolute Gasteiger partial charge is 0.389 e. The molecule has 8 nitrogen and oxygen atoms in total. The molecule has 1 aromatic heterocycles. The van der Waals surface area contributed by atoms with E-state index < -0.39 is 17.4 Å². The highest BCUT2D eigenvalue weighted by Gasteiger charge is 2.18. The summed E-state index contributed by atoms with van der Waals surface area (Å²) in [5.41, 5.74) is 5.07. The molecule has 0 spiro atoms. The number of likely N-dealkylation sites (N-methyl/N-ethyl adjacent to an activating group) is 1. The summed E-state index contributed by atoms with van der Waals surface area (Å²) in [6, 6.07) is 0. The molecule has 0 saturated carbocycles. The molecule has 4 N–H and O–H groups in total. The third kappa shape index (κ3) is 4.33. The lowest BCUT2D eigenvalue weighted by Gasteiger charge is -2.24. The summed E-state index contributed by atoms with van der Waals surface area (Å²) in [7, 11) is 3.11. The minimum atomic E-state index is -0.755. The van der Waals surface area contributed by atoms with Crippen LogP contribution in [0.4, 0.5) is 11.5 Å². The average Bonchev–Trinajstić information content (AvgIpc) is 2.38. The van der Waals surface area contributed by atoms with Crippen LogP contribution in [0.5, 0.6) is 0 Å². The third-order valence-electron chi connectivity index (χ3n) is 3.17. The summed E-state index contributed by atoms with van der Waals surface area (Å²) in [5, 5.41) is 9.74. The number of ether oxygens (including phenoxy) is 1. The van der Waals surface area contributed by atoms with Crippen molar-refractivity contribution in [2.24, 2.45) is 0 Å². The van der Waals surface area contributed by atoms with Gasteiger partial charge in [0, 0.05) is 27.2 Å². The molecule has 120 valence electrons. The van der Waals surface area contributed by atoms with E-state index in [1.165, 1.54) is 16.6 Å². The van der Waals surface area contributed by atoms with Crippen LogP contribution in [0, 0.1) is 0 Å². The van der Waals surface area contributed by atoms with Crippen LogP contribution in [0.3, 0.4) is 0 Å². The summed E-state index contributed by atoms with van der Waals surface area (Å²) in [6.07, 6.45) is 0.934. The Morgan fingerprint density at radius 2 is 2.14 bits per heavy atom. The number of nitrogen functional groups attached to an aromatic ring is 1. The van der Waals surface area contributed by atoms with Gasteiger partial charge in [-0.2, -0.15) is 0 Å². The van der Waals surface area contributed by atoms with Crippen LogP contribution >= 0.6 is 0 Å². The first-order chi connectivity index (χ1) is 9.92. The minimum absolute atomic E-state index is 0.115. The zero-order chi connectivity index (χ0) is 16.0. The van der Waals surface area contributed by atoms with Crippen molar-refractivity contribution in [2.75, 3.05) is 37.9 Å². The molecular weight excluding hydrogens is 276 g/mol. The normalized spacial score (nSPS) is 12.4. The highest BCUT2D eigenvalue weighted by atomic mass is 16.5. The number of nitrogens with zero attached hydrogens (tertiary/aromatic N) is 2. The number of aromatic nitrogens is 2. The summed E-state index contributed by atoms with van der Waals surface area (Å²) >= 11 is 0. The van der Waals surface area contributed by atoms with E-state index in [1.54, 1.807) is 7.05 Å². The van der Waals surface area contributed by atoms with Crippen molar-refractivity contribution in [3.8, 4) is 0 Å². The Hall–Kier alpha value is -1.80. The topological polar surface area (TPSA) is 114 Å². The van der Waals surface area contributed by atoms with E-state index in [4.69, 9.17) is 10.5 Å². The van der Waals surface area contributed by atoms with Gasteiger partial charge in [0.15, 0.2) is 0 Å². The molecule has 0 saturated heterocycles. The molecule has 1 aromatic rings. The van der Waals surface area contributed by atoms with Gasteiger partial charge >= 0.3 is 5.69 Å². The van der Waals surface area contributed by atoms with Crippen LogP contribution in [0.1, 0.15) is 19.8 Å². The van der Waals surface area contributed by atoms with Crippen molar-refractivity contribution in [3.05, 3.63) is 20.8 Å². The number of H-pyrrole nitrogens is 1. The summed E-state index contributed by atoms with van der Waals surface area (Å²) in [6.45, 7) is 2.77. The van der Waals surface area contributed by atoms with Gasteiger partial charge in [-0.15, -0.1) is 0 Å². The molecule has 0 bridgehead atoms.